The third kappa shape index (κ3) is 33.0. The minimum atomic E-state index is 0. The fraction of sp³-hybridized carbons (Fsp3) is 0. The zero-order chi connectivity index (χ0) is 0. The van der Waals surface area contributed by atoms with E-state index in [2.05, 4.69) is 0 Å². The van der Waals surface area contributed by atoms with Crippen LogP contribution in [0.2, 0.25) is 0 Å². The van der Waals surface area contributed by atoms with Crippen molar-refractivity contribution >= 4 is 0 Å². The van der Waals surface area contributed by atoms with Crippen molar-refractivity contribution in [2.45, 2.75) is 0 Å². The van der Waals surface area contributed by atoms with E-state index in [-0.39, 0.29) is 59.8 Å². The summed E-state index contributed by atoms with van der Waals surface area (Å²) in [6.07, 6.45) is 0. The van der Waals surface area contributed by atoms with Crippen LogP contribution in [-0.2, 0) is 17.1 Å². The van der Waals surface area contributed by atoms with Gasteiger partial charge in [-0.05, 0) is 0 Å². The first-order valence-corrected chi connectivity index (χ1v) is 0. The molecule has 0 rings (SSSR count). The summed E-state index contributed by atoms with van der Waals surface area (Å²) in [6.45, 7) is 0. The first-order valence-electron chi connectivity index (χ1n) is 0. The molecular formula is H2Cl3MnO. The summed E-state index contributed by atoms with van der Waals surface area (Å²) in [5, 5.41) is 0. The molecule has 1 nitrogen and oxygen atoms in total. The van der Waals surface area contributed by atoms with Gasteiger partial charge in [0.2, 0.25) is 0 Å². The fourth-order valence-corrected chi connectivity index (χ4v) is 0. The van der Waals surface area contributed by atoms with E-state index >= 15 is 0 Å². The molecule has 0 fully saturated rings. The van der Waals surface area contributed by atoms with Crippen LogP contribution in [0.5, 0.6) is 0 Å². The normalized spacial score (nSPS) is 0. The Morgan fingerprint density at radius 2 is 0.600 bits per heavy atom. The van der Waals surface area contributed by atoms with Crippen LogP contribution in [0.3, 0.4) is 0 Å². The number of rotatable bonds is 0. The Balaban J connectivity index is 0. The molecule has 0 atom stereocenters. The van der Waals surface area contributed by atoms with Crippen molar-refractivity contribution in [1.82, 2.24) is 0 Å². The van der Waals surface area contributed by atoms with E-state index < -0.39 is 0 Å². The first kappa shape index (κ1) is 99.8. The quantitative estimate of drug-likeness (QED) is 0.331. The first-order chi connectivity index (χ1) is 0. The van der Waals surface area contributed by atoms with Crippen LogP contribution in [0, 0.1) is 0 Å². The second-order valence-electron chi connectivity index (χ2n) is 0. The van der Waals surface area contributed by atoms with Crippen molar-refractivity contribution in [2.75, 3.05) is 0 Å². The van der Waals surface area contributed by atoms with Crippen molar-refractivity contribution in [1.29, 1.82) is 0 Å². The van der Waals surface area contributed by atoms with Gasteiger partial charge in [-0.25, -0.2) is 0 Å². The Kier molecular flexibility index (Phi) is 1110. The summed E-state index contributed by atoms with van der Waals surface area (Å²) >= 11 is 0. The molecular weight excluding hydrogens is 177 g/mol. The summed E-state index contributed by atoms with van der Waals surface area (Å²) in [7, 11) is 0. The van der Waals surface area contributed by atoms with Crippen molar-refractivity contribution in [3.05, 3.63) is 0 Å². The van der Waals surface area contributed by atoms with Gasteiger partial charge in [0.25, 0.3) is 0 Å². The molecule has 0 spiro atoms. The van der Waals surface area contributed by atoms with Crippen molar-refractivity contribution in [2.24, 2.45) is 0 Å². The number of hydrogen-bond acceptors (Lipinski definition) is 0. The molecule has 0 aromatic carbocycles. The van der Waals surface area contributed by atoms with E-state index in [0.717, 1.165) is 0 Å². The average molecular weight is 179 g/mol. The van der Waals surface area contributed by atoms with Crippen LogP contribution in [0.15, 0.2) is 0 Å². The van der Waals surface area contributed by atoms with Gasteiger partial charge in [-0.2, -0.15) is 0 Å². The third-order valence-corrected chi connectivity index (χ3v) is 0. The molecule has 0 radical (unpaired) electrons. The molecule has 0 bridgehead atoms. The standard InChI is InChI=1S/3ClH.Mn.H2O/h3*1H;;1H2/q;;;+3;/p-3. The van der Waals surface area contributed by atoms with Crippen LogP contribution in [0.1, 0.15) is 0 Å². The van der Waals surface area contributed by atoms with Crippen LogP contribution < -0.4 is 37.2 Å². The van der Waals surface area contributed by atoms with Crippen LogP contribution in [0.4, 0.5) is 0 Å². The molecule has 0 aliphatic heterocycles. The maximum absolute atomic E-state index is 0. The monoisotopic (exact) mass is 178 g/mol. The van der Waals surface area contributed by atoms with Gasteiger partial charge in [0.05, 0.1) is 0 Å². The minimum Gasteiger partial charge on any atom is -1.00 e. The maximum atomic E-state index is 0. The smallest absolute Gasteiger partial charge is 1.00 e. The van der Waals surface area contributed by atoms with Crippen molar-refractivity contribution in [3.63, 3.8) is 0 Å². The molecule has 0 aromatic heterocycles. The summed E-state index contributed by atoms with van der Waals surface area (Å²) in [4.78, 5) is 0. The average Bonchev–Trinajstić information content (AvgIpc) is 0. The Morgan fingerprint density at radius 3 is 0.600 bits per heavy atom. The van der Waals surface area contributed by atoms with E-state index in [9.17, 15) is 0 Å². The molecule has 0 heterocycles. The maximum Gasteiger partial charge on any atom is 3.00 e. The van der Waals surface area contributed by atoms with Crippen molar-refractivity contribution < 1.29 is 59.8 Å². The van der Waals surface area contributed by atoms with Gasteiger partial charge in [0, 0.05) is 0 Å². The van der Waals surface area contributed by atoms with E-state index in [1.54, 1.807) is 0 Å². The molecule has 36 valence electrons. The zero-order valence-electron chi connectivity index (χ0n) is 2.01. The molecule has 0 unspecified atom stereocenters. The van der Waals surface area contributed by atoms with E-state index in [4.69, 9.17) is 0 Å². The van der Waals surface area contributed by atoms with Gasteiger partial charge in [-0.1, -0.05) is 0 Å². The van der Waals surface area contributed by atoms with Crippen molar-refractivity contribution in [3.8, 4) is 0 Å². The second-order valence-corrected chi connectivity index (χ2v) is 0. The Morgan fingerprint density at radius 1 is 0.600 bits per heavy atom. The number of hydrogen-bond donors (Lipinski definition) is 0. The van der Waals surface area contributed by atoms with Gasteiger partial charge < -0.3 is 42.7 Å². The Labute approximate surface area is 59.9 Å². The minimum absolute atomic E-state index is 0. The Bertz CT molecular complexity index is 6.85. The van der Waals surface area contributed by atoms with Gasteiger partial charge in [-0.3, -0.25) is 0 Å². The van der Waals surface area contributed by atoms with E-state index in [1.165, 1.54) is 0 Å². The molecule has 0 aromatic rings. The molecule has 0 aliphatic rings. The van der Waals surface area contributed by atoms with Gasteiger partial charge >= 0.3 is 17.1 Å². The third-order valence-electron chi connectivity index (χ3n) is 0. The SMILES string of the molecule is O.[Cl-].[Cl-].[Cl-].[Mn+3]. The van der Waals surface area contributed by atoms with E-state index in [1.807, 2.05) is 0 Å². The largest absolute Gasteiger partial charge is 3.00 e. The summed E-state index contributed by atoms with van der Waals surface area (Å²) in [6, 6.07) is 0. The van der Waals surface area contributed by atoms with Crippen LogP contribution >= 0.6 is 0 Å². The van der Waals surface area contributed by atoms with Gasteiger partial charge in [-0.15, -0.1) is 0 Å². The molecule has 5 heteroatoms. The molecule has 5 heavy (non-hydrogen) atoms. The summed E-state index contributed by atoms with van der Waals surface area (Å²) < 4.78 is 0. The number of halogens is 3. The summed E-state index contributed by atoms with van der Waals surface area (Å²) in [5.41, 5.74) is 0. The van der Waals surface area contributed by atoms with Gasteiger partial charge in [0.1, 0.15) is 0 Å². The van der Waals surface area contributed by atoms with Crippen LogP contribution in [0.25, 0.3) is 0 Å². The van der Waals surface area contributed by atoms with E-state index in [0.29, 0.717) is 0 Å². The second kappa shape index (κ2) is 55.6. The molecule has 0 aliphatic carbocycles. The fourth-order valence-electron chi connectivity index (χ4n) is 0. The predicted octanol–water partition coefficient (Wildman–Crippen LogP) is -9.82. The molecule has 0 saturated carbocycles. The molecule has 0 saturated heterocycles. The Hall–Kier alpha value is 1.35. The van der Waals surface area contributed by atoms with Gasteiger partial charge in [0.15, 0.2) is 0 Å². The van der Waals surface area contributed by atoms with Crippen LogP contribution in [-0.4, -0.2) is 5.48 Å². The molecule has 0 amide bonds. The summed E-state index contributed by atoms with van der Waals surface area (Å²) in [5.74, 6) is 0. The zero-order valence-corrected chi connectivity index (χ0v) is 5.46. The predicted molar refractivity (Wildman–Crippen MR) is 3.61 cm³/mol. The molecule has 2 N–H and O–H groups in total. The topological polar surface area (TPSA) is 31.5 Å².